The van der Waals surface area contributed by atoms with Gasteiger partial charge < -0.3 is 5.32 Å². The standard InChI is InChI=1S/C17H20N2O3S2/c20-17(18-10-8-14-6-2-1-3-7-14)16-15(9-13-23-16)24(21,22)19-11-4-5-12-19/h1-3,6-7,9,13H,4-5,8,10-12H2,(H,18,20). The SMILES string of the molecule is O=C(NCCc1ccccc1)c1sccc1S(=O)(=O)N1CCCC1. The van der Waals surface area contributed by atoms with Gasteiger partial charge >= 0.3 is 0 Å². The molecule has 1 saturated heterocycles. The summed E-state index contributed by atoms with van der Waals surface area (Å²) in [5.74, 6) is -0.321. The number of nitrogens with one attached hydrogen (secondary N) is 1. The van der Waals surface area contributed by atoms with Gasteiger partial charge in [0.05, 0.1) is 0 Å². The Kier molecular flexibility index (Phi) is 5.33. The number of benzene rings is 1. The minimum Gasteiger partial charge on any atom is -0.351 e. The van der Waals surface area contributed by atoms with Crippen LogP contribution in [0.3, 0.4) is 0 Å². The maximum Gasteiger partial charge on any atom is 0.262 e. The maximum absolute atomic E-state index is 12.7. The molecule has 3 rings (SSSR count). The Bertz CT molecular complexity index is 794. The second kappa shape index (κ2) is 7.46. The lowest BCUT2D eigenvalue weighted by Crippen LogP contribution is -2.31. The Hall–Kier alpha value is -1.70. The van der Waals surface area contributed by atoms with E-state index in [1.165, 1.54) is 21.7 Å². The van der Waals surface area contributed by atoms with Crippen molar-refractivity contribution in [3.63, 3.8) is 0 Å². The highest BCUT2D eigenvalue weighted by atomic mass is 32.2. The van der Waals surface area contributed by atoms with E-state index in [-0.39, 0.29) is 15.7 Å². The van der Waals surface area contributed by atoms with E-state index in [1.807, 2.05) is 30.3 Å². The molecule has 5 nitrogen and oxygen atoms in total. The van der Waals surface area contributed by atoms with Gasteiger partial charge in [-0.1, -0.05) is 30.3 Å². The third kappa shape index (κ3) is 3.68. The first-order valence-corrected chi connectivity index (χ1v) is 10.3. The zero-order valence-corrected chi connectivity index (χ0v) is 14.9. The molecular formula is C17H20N2O3S2. The molecular weight excluding hydrogens is 344 g/mol. The fraction of sp³-hybridized carbons (Fsp3) is 0.353. The van der Waals surface area contributed by atoms with Crippen molar-refractivity contribution in [2.45, 2.75) is 24.2 Å². The molecule has 1 aliphatic heterocycles. The molecule has 1 fully saturated rings. The third-order valence-electron chi connectivity index (χ3n) is 4.06. The summed E-state index contributed by atoms with van der Waals surface area (Å²) in [5.41, 5.74) is 1.13. The lowest BCUT2D eigenvalue weighted by molar-refractivity contribution is 0.0955. The minimum atomic E-state index is -3.57. The summed E-state index contributed by atoms with van der Waals surface area (Å²) < 4.78 is 26.8. The fourth-order valence-corrected chi connectivity index (χ4v) is 5.61. The van der Waals surface area contributed by atoms with Crippen molar-refractivity contribution in [1.29, 1.82) is 0 Å². The number of sulfonamides is 1. The number of carbonyl (C=O) groups excluding carboxylic acids is 1. The van der Waals surface area contributed by atoms with Gasteiger partial charge in [0.1, 0.15) is 9.77 Å². The van der Waals surface area contributed by atoms with Crippen LogP contribution in [0, 0.1) is 0 Å². The van der Waals surface area contributed by atoms with Gasteiger partial charge in [-0.15, -0.1) is 11.3 Å². The average molecular weight is 364 g/mol. The molecule has 0 saturated carbocycles. The Morgan fingerprint density at radius 2 is 1.83 bits per heavy atom. The van der Waals surface area contributed by atoms with E-state index in [9.17, 15) is 13.2 Å². The number of amides is 1. The van der Waals surface area contributed by atoms with Gasteiger partial charge in [0.25, 0.3) is 5.91 Å². The van der Waals surface area contributed by atoms with Crippen LogP contribution in [0.25, 0.3) is 0 Å². The van der Waals surface area contributed by atoms with Gasteiger partial charge in [0.15, 0.2) is 0 Å². The molecule has 128 valence electrons. The van der Waals surface area contributed by atoms with E-state index in [4.69, 9.17) is 0 Å². The predicted octanol–water partition coefficient (Wildman–Crippen LogP) is 2.51. The molecule has 0 unspecified atom stereocenters. The van der Waals surface area contributed by atoms with Gasteiger partial charge in [-0.3, -0.25) is 4.79 Å². The Morgan fingerprint density at radius 3 is 2.54 bits per heavy atom. The van der Waals surface area contributed by atoms with Crippen LogP contribution in [0.2, 0.25) is 0 Å². The van der Waals surface area contributed by atoms with Crippen LogP contribution in [-0.4, -0.2) is 38.3 Å². The first-order valence-electron chi connectivity index (χ1n) is 7.99. The number of hydrogen-bond donors (Lipinski definition) is 1. The van der Waals surface area contributed by atoms with E-state index in [0.29, 0.717) is 26.1 Å². The largest absolute Gasteiger partial charge is 0.351 e. The first-order chi connectivity index (χ1) is 11.6. The summed E-state index contributed by atoms with van der Waals surface area (Å²) >= 11 is 1.17. The molecule has 24 heavy (non-hydrogen) atoms. The summed E-state index contributed by atoms with van der Waals surface area (Å²) in [6.07, 6.45) is 2.47. The molecule has 2 heterocycles. The van der Waals surface area contributed by atoms with Crippen molar-refractivity contribution in [2.24, 2.45) is 0 Å². The number of nitrogens with zero attached hydrogens (tertiary/aromatic N) is 1. The molecule has 2 aromatic rings. The van der Waals surface area contributed by atoms with Crippen molar-refractivity contribution in [3.8, 4) is 0 Å². The monoisotopic (exact) mass is 364 g/mol. The van der Waals surface area contributed by atoms with Crippen molar-refractivity contribution in [2.75, 3.05) is 19.6 Å². The van der Waals surface area contributed by atoms with E-state index >= 15 is 0 Å². The highest BCUT2D eigenvalue weighted by Gasteiger charge is 2.31. The van der Waals surface area contributed by atoms with Gasteiger partial charge in [-0.25, -0.2) is 8.42 Å². The maximum atomic E-state index is 12.7. The van der Waals surface area contributed by atoms with E-state index in [0.717, 1.165) is 18.4 Å². The van der Waals surface area contributed by atoms with Gasteiger partial charge in [-0.2, -0.15) is 4.31 Å². The molecule has 1 amide bonds. The van der Waals surface area contributed by atoms with Crippen molar-refractivity contribution < 1.29 is 13.2 Å². The summed E-state index contributed by atoms with van der Waals surface area (Å²) in [6, 6.07) is 11.4. The van der Waals surface area contributed by atoms with Crippen molar-refractivity contribution in [3.05, 3.63) is 52.2 Å². The van der Waals surface area contributed by atoms with Crippen LogP contribution in [0.1, 0.15) is 28.1 Å². The molecule has 1 aliphatic rings. The van der Waals surface area contributed by atoms with E-state index in [2.05, 4.69) is 5.32 Å². The quantitative estimate of drug-likeness (QED) is 0.856. The molecule has 0 radical (unpaired) electrons. The summed E-state index contributed by atoms with van der Waals surface area (Å²) in [6.45, 7) is 1.55. The second-order valence-corrected chi connectivity index (χ2v) is 8.54. The smallest absolute Gasteiger partial charge is 0.262 e. The third-order valence-corrected chi connectivity index (χ3v) is 7.04. The zero-order chi connectivity index (χ0) is 17.0. The molecule has 1 aromatic heterocycles. The second-order valence-electron chi connectivity index (χ2n) is 5.72. The number of rotatable bonds is 6. The molecule has 0 spiro atoms. The Morgan fingerprint density at radius 1 is 1.12 bits per heavy atom. The average Bonchev–Trinajstić information content (AvgIpc) is 3.28. The minimum absolute atomic E-state index is 0.131. The Labute approximate surface area is 146 Å². The van der Waals surface area contributed by atoms with E-state index in [1.54, 1.807) is 5.38 Å². The summed E-state index contributed by atoms with van der Waals surface area (Å²) in [5, 5.41) is 4.49. The van der Waals surface area contributed by atoms with Crippen LogP contribution < -0.4 is 5.32 Å². The topological polar surface area (TPSA) is 66.5 Å². The normalized spacial score (nSPS) is 15.5. The zero-order valence-electron chi connectivity index (χ0n) is 13.3. The van der Waals surface area contributed by atoms with Crippen LogP contribution in [0.4, 0.5) is 0 Å². The predicted molar refractivity (Wildman–Crippen MR) is 94.8 cm³/mol. The molecule has 1 N–H and O–H groups in total. The van der Waals surface area contributed by atoms with E-state index < -0.39 is 10.0 Å². The van der Waals surface area contributed by atoms with Gasteiger partial charge in [0.2, 0.25) is 10.0 Å². The highest BCUT2D eigenvalue weighted by molar-refractivity contribution is 7.89. The summed E-state index contributed by atoms with van der Waals surface area (Å²) in [4.78, 5) is 12.8. The molecule has 7 heteroatoms. The van der Waals surface area contributed by atoms with Gasteiger partial charge in [-0.05, 0) is 36.3 Å². The molecule has 0 bridgehead atoms. The van der Waals surface area contributed by atoms with Crippen molar-refractivity contribution in [1.82, 2.24) is 9.62 Å². The molecule has 0 aliphatic carbocycles. The van der Waals surface area contributed by atoms with Crippen LogP contribution >= 0.6 is 11.3 Å². The fourth-order valence-electron chi connectivity index (χ4n) is 2.78. The van der Waals surface area contributed by atoms with Crippen LogP contribution in [-0.2, 0) is 16.4 Å². The van der Waals surface area contributed by atoms with Crippen LogP contribution in [0.15, 0.2) is 46.7 Å². The highest BCUT2D eigenvalue weighted by Crippen LogP contribution is 2.27. The summed E-state index contributed by atoms with van der Waals surface area (Å²) in [7, 11) is -3.57. The number of hydrogen-bond acceptors (Lipinski definition) is 4. The van der Waals surface area contributed by atoms with Gasteiger partial charge in [0, 0.05) is 19.6 Å². The molecule has 0 atom stereocenters. The number of thiophene rings is 1. The van der Waals surface area contributed by atoms with Crippen molar-refractivity contribution >= 4 is 27.3 Å². The first kappa shape index (κ1) is 17.1. The Balaban J connectivity index is 1.67. The number of carbonyl (C=O) groups is 1. The van der Waals surface area contributed by atoms with Crippen LogP contribution in [0.5, 0.6) is 0 Å². The lowest BCUT2D eigenvalue weighted by Gasteiger charge is -2.15. The lowest BCUT2D eigenvalue weighted by atomic mass is 10.1. The molecule has 1 aromatic carbocycles.